The van der Waals surface area contributed by atoms with Gasteiger partial charge in [-0.05, 0) is 74.4 Å². The minimum Gasteiger partial charge on any atom is -0.497 e. The summed E-state index contributed by atoms with van der Waals surface area (Å²) in [6.07, 6.45) is 0.676. The molecule has 4 aromatic rings. The molecular weight excluding hydrogens is 762 g/mol. The molecule has 5 rings (SSSR count). The zero-order valence-electron chi connectivity index (χ0n) is 27.3. The van der Waals surface area contributed by atoms with E-state index in [0.717, 1.165) is 21.9 Å². The Kier molecular flexibility index (Phi) is 12.4. The van der Waals surface area contributed by atoms with E-state index in [4.69, 9.17) is 67.5 Å². The summed E-state index contributed by atoms with van der Waals surface area (Å²) in [4.78, 5) is 40.0. The second-order valence-corrected chi connectivity index (χ2v) is 13.1. The number of benzene rings is 4. The SMILES string of the molecule is COc1ccc(N=NC2C(=O)N(c3c(Cl)c(Cl)c(Cl)c(Cl)c3Cl)N=C2NC(=O)c2cccc(NC(=O)CCCOc3ccc(C)cc3C)c2)cc1. The van der Waals surface area contributed by atoms with Crippen molar-refractivity contribution in [1.82, 2.24) is 5.32 Å². The van der Waals surface area contributed by atoms with Crippen LogP contribution >= 0.6 is 58.0 Å². The number of halogens is 5. The summed E-state index contributed by atoms with van der Waals surface area (Å²) in [6, 6.07) is 17.3. The van der Waals surface area contributed by atoms with Crippen molar-refractivity contribution in [2.24, 2.45) is 15.3 Å². The molecule has 51 heavy (non-hydrogen) atoms. The molecule has 1 atom stereocenters. The number of hydrazone groups is 1. The van der Waals surface area contributed by atoms with Crippen LogP contribution in [0.15, 0.2) is 82.1 Å². The van der Waals surface area contributed by atoms with Crippen molar-refractivity contribution in [3.63, 3.8) is 0 Å². The summed E-state index contributed by atoms with van der Waals surface area (Å²) in [7, 11) is 1.52. The van der Waals surface area contributed by atoms with Gasteiger partial charge in [0, 0.05) is 17.7 Å². The van der Waals surface area contributed by atoms with Gasteiger partial charge in [0.1, 0.15) is 17.2 Å². The molecule has 0 spiro atoms. The largest absolute Gasteiger partial charge is 0.497 e. The molecule has 264 valence electrons. The lowest BCUT2D eigenvalue weighted by atomic mass is 10.1. The quantitative estimate of drug-likeness (QED) is 0.0676. The molecule has 1 aliphatic heterocycles. The zero-order valence-corrected chi connectivity index (χ0v) is 31.0. The van der Waals surface area contributed by atoms with Crippen molar-refractivity contribution < 1.29 is 23.9 Å². The van der Waals surface area contributed by atoms with Gasteiger partial charge in [0.2, 0.25) is 11.9 Å². The molecule has 0 aromatic heterocycles. The summed E-state index contributed by atoms with van der Waals surface area (Å²) in [5.74, 6) is -0.527. The van der Waals surface area contributed by atoms with E-state index in [1.165, 1.54) is 19.2 Å². The molecule has 11 nitrogen and oxygen atoms in total. The van der Waals surface area contributed by atoms with Crippen LogP contribution in [0.5, 0.6) is 11.5 Å². The van der Waals surface area contributed by atoms with Gasteiger partial charge in [-0.15, -0.1) is 5.10 Å². The second kappa shape index (κ2) is 16.8. The number of aryl methyl sites for hydroxylation is 2. The highest BCUT2D eigenvalue weighted by Gasteiger charge is 2.41. The minimum absolute atomic E-state index is 0.116. The maximum Gasteiger partial charge on any atom is 0.282 e. The molecule has 16 heteroatoms. The molecular formula is C35H29Cl5N6O5. The zero-order chi connectivity index (χ0) is 36.8. The molecule has 2 N–H and O–H groups in total. The summed E-state index contributed by atoms with van der Waals surface area (Å²) in [5.41, 5.74) is 2.92. The van der Waals surface area contributed by atoms with Crippen LogP contribution in [-0.2, 0) is 9.59 Å². The minimum atomic E-state index is -1.44. The molecule has 0 fully saturated rings. The molecule has 4 aromatic carbocycles. The van der Waals surface area contributed by atoms with E-state index in [-0.39, 0.29) is 54.5 Å². The molecule has 0 aliphatic carbocycles. The van der Waals surface area contributed by atoms with Crippen molar-refractivity contribution >= 4 is 98.6 Å². The molecule has 0 saturated heterocycles. The Balaban J connectivity index is 1.32. The fourth-order valence-corrected chi connectivity index (χ4v) is 6.17. The van der Waals surface area contributed by atoms with Crippen molar-refractivity contribution in [3.8, 4) is 11.5 Å². The van der Waals surface area contributed by atoms with Crippen LogP contribution in [0.25, 0.3) is 0 Å². The first-order chi connectivity index (χ1) is 24.4. The fraction of sp³-hybridized carbons (Fsp3) is 0.200. The monoisotopic (exact) mass is 788 g/mol. The van der Waals surface area contributed by atoms with E-state index < -0.39 is 17.9 Å². The van der Waals surface area contributed by atoms with Gasteiger partial charge < -0.3 is 20.1 Å². The number of hydrogen-bond donors (Lipinski definition) is 2. The smallest absolute Gasteiger partial charge is 0.282 e. The molecule has 1 heterocycles. The molecule has 1 unspecified atom stereocenters. The number of hydrogen-bond acceptors (Lipinski definition) is 8. The van der Waals surface area contributed by atoms with Crippen LogP contribution in [-0.4, -0.2) is 43.3 Å². The van der Waals surface area contributed by atoms with Gasteiger partial charge in [0.25, 0.3) is 11.8 Å². The first kappa shape index (κ1) is 37.9. The Morgan fingerprint density at radius 3 is 2.24 bits per heavy atom. The van der Waals surface area contributed by atoms with E-state index in [9.17, 15) is 14.4 Å². The maximum absolute atomic E-state index is 13.8. The summed E-state index contributed by atoms with van der Waals surface area (Å²) < 4.78 is 11.0. The van der Waals surface area contributed by atoms with Gasteiger partial charge in [0.15, 0.2) is 5.84 Å². The Labute approximate surface area is 318 Å². The lowest BCUT2D eigenvalue weighted by molar-refractivity contribution is -0.118. The van der Waals surface area contributed by atoms with Crippen molar-refractivity contribution in [2.45, 2.75) is 32.7 Å². The predicted molar refractivity (Wildman–Crippen MR) is 201 cm³/mol. The fourth-order valence-electron chi connectivity index (χ4n) is 4.88. The van der Waals surface area contributed by atoms with Gasteiger partial charge in [-0.2, -0.15) is 15.2 Å². The van der Waals surface area contributed by atoms with Crippen LogP contribution in [0.4, 0.5) is 17.1 Å². The number of anilines is 2. The first-order valence-corrected chi connectivity index (χ1v) is 17.2. The highest BCUT2D eigenvalue weighted by atomic mass is 35.5. The van der Waals surface area contributed by atoms with Crippen LogP contribution < -0.4 is 25.1 Å². The Bertz CT molecular complexity index is 2030. The van der Waals surface area contributed by atoms with Gasteiger partial charge >= 0.3 is 0 Å². The molecule has 0 bridgehead atoms. The number of nitrogens with zero attached hydrogens (tertiary/aromatic N) is 4. The van der Waals surface area contributed by atoms with E-state index >= 15 is 0 Å². The number of carbonyl (C=O) groups excluding carboxylic acids is 3. The van der Waals surface area contributed by atoms with E-state index in [1.807, 2.05) is 32.0 Å². The number of rotatable bonds is 11. The number of ether oxygens (including phenoxy) is 2. The van der Waals surface area contributed by atoms with E-state index in [0.29, 0.717) is 30.2 Å². The van der Waals surface area contributed by atoms with Crippen LogP contribution in [0.3, 0.4) is 0 Å². The number of azo groups is 1. The van der Waals surface area contributed by atoms with Gasteiger partial charge in [-0.1, -0.05) is 81.8 Å². The number of carbonyl (C=O) groups is 3. The standard InChI is InChI=1S/C35H29Cl5N6O5/c1-18-9-14-24(19(2)16-18)51-15-5-8-25(47)41-22-7-4-6-20(17-22)34(48)42-33-31(44-43-21-10-12-23(50-3)13-11-21)35(49)46(45-33)32-29(39)27(37)26(36)28(38)30(32)40/h4,6-7,9-14,16-17,31H,5,8,15H2,1-3H3,(H,41,47)(H,42,45,48). The lowest BCUT2D eigenvalue weighted by Crippen LogP contribution is -2.39. The Morgan fingerprint density at radius 1 is 0.882 bits per heavy atom. The second-order valence-electron chi connectivity index (χ2n) is 11.2. The summed E-state index contributed by atoms with van der Waals surface area (Å²) in [5, 5.41) is 18.0. The third kappa shape index (κ3) is 8.92. The highest BCUT2D eigenvalue weighted by molar-refractivity contribution is 6.57. The predicted octanol–water partition coefficient (Wildman–Crippen LogP) is 9.62. The van der Waals surface area contributed by atoms with E-state index in [2.05, 4.69) is 26.0 Å². The number of amides is 3. The lowest BCUT2D eigenvalue weighted by Gasteiger charge is -2.18. The van der Waals surface area contributed by atoms with Crippen molar-refractivity contribution in [1.29, 1.82) is 0 Å². The molecule has 3 amide bonds. The number of nitrogens with one attached hydrogen (secondary N) is 2. The van der Waals surface area contributed by atoms with Gasteiger partial charge in [0.05, 0.1) is 44.5 Å². The Hall–Kier alpha value is -4.39. The molecule has 0 saturated carbocycles. The average Bonchev–Trinajstić information content (AvgIpc) is 3.41. The van der Waals surface area contributed by atoms with Crippen molar-refractivity contribution in [3.05, 3.63) is 109 Å². The Morgan fingerprint density at radius 2 is 1.57 bits per heavy atom. The third-order valence-electron chi connectivity index (χ3n) is 7.46. The third-order valence-corrected chi connectivity index (χ3v) is 9.71. The van der Waals surface area contributed by atoms with Crippen molar-refractivity contribution in [2.75, 3.05) is 24.0 Å². The molecule has 0 radical (unpaired) electrons. The summed E-state index contributed by atoms with van der Waals surface area (Å²) >= 11 is 31.5. The van der Waals surface area contributed by atoms with E-state index in [1.54, 1.807) is 36.4 Å². The topological polar surface area (TPSA) is 134 Å². The summed E-state index contributed by atoms with van der Waals surface area (Å²) in [6.45, 7) is 4.34. The van der Waals surface area contributed by atoms with Crippen LogP contribution in [0, 0.1) is 13.8 Å². The van der Waals surface area contributed by atoms with Crippen LogP contribution in [0.1, 0.15) is 34.3 Å². The maximum atomic E-state index is 13.8. The normalized spacial score (nSPS) is 14.1. The molecule has 1 aliphatic rings. The number of amidine groups is 1. The first-order valence-electron chi connectivity index (χ1n) is 15.3. The number of methoxy groups -OCH3 is 1. The van der Waals surface area contributed by atoms with Crippen LogP contribution in [0.2, 0.25) is 25.1 Å². The van der Waals surface area contributed by atoms with Gasteiger partial charge in [-0.3, -0.25) is 14.4 Å². The van der Waals surface area contributed by atoms with Gasteiger partial charge in [-0.25, -0.2) is 0 Å². The highest BCUT2D eigenvalue weighted by Crippen LogP contribution is 2.49. The average molecular weight is 791 g/mol.